The first kappa shape index (κ1) is 17.0. The zero-order valence-electron chi connectivity index (χ0n) is 12.8. The van der Waals surface area contributed by atoms with Gasteiger partial charge in [0.2, 0.25) is 0 Å². The third kappa shape index (κ3) is 3.88. The van der Waals surface area contributed by atoms with Gasteiger partial charge in [-0.3, -0.25) is 9.59 Å². The predicted molar refractivity (Wildman–Crippen MR) is 86.1 cm³/mol. The maximum atomic E-state index is 11.0. The molecule has 0 saturated heterocycles. The standard InChI is InChI=1S/C16H21N3O4/c1-8(15(20)21)12(17)5-9-2-3-14-11(4-9)10(7-19-14)6-13(18)16(22)23/h2-4,7-8,12-13,19H,5-6,17-18H2,1H3,(H,20,21)(H,22,23)/t8?,12-,13+/m1/s1. The molecule has 0 radical (unpaired) electrons. The van der Waals surface area contributed by atoms with Crippen molar-refractivity contribution >= 4 is 22.8 Å². The van der Waals surface area contributed by atoms with Crippen molar-refractivity contribution < 1.29 is 19.8 Å². The summed E-state index contributed by atoms with van der Waals surface area (Å²) in [5, 5.41) is 18.8. The molecule has 0 bridgehead atoms. The third-order valence-electron chi connectivity index (χ3n) is 4.09. The minimum Gasteiger partial charge on any atom is -0.481 e. The van der Waals surface area contributed by atoms with E-state index in [4.69, 9.17) is 21.7 Å². The molecule has 0 saturated carbocycles. The van der Waals surface area contributed by atoms with Gasteiger partial charge < -0.3 is 26.7 Å². The van der Waals surface area contributed by atoms with E-state index in [-0.39, 0.29) is 6.42 Å². The number of hydrogen-bond donors (Lipinski definition) is 5. The largest absolute Gasteiger partial charge is 0.481 e. The number of carboxylic acid groups (broad SMARTS) is 2. The van der Waals surface area contributed by atoms with Crippen LogP contribution >= 0.6 is 0 Å². The van der Waals surface area contributed by atoms with Gasteiger partial charge in [-0.1, -0.05) is 13.0 Å². The molecule has 0 amide bonds. The fourth-order valence-electron chi connectivity index (χ4n) is 2.48. The van der Waals surface area contributed by atoms with E-state index in [9.17, 15) is 9.59 Å². The van der Waals surface area contributed by atoms with Crippen LogP contribution in [0.5, 0.6) is 0 Å². The van der Waals surface area contributed by atoms with Crippen LogP contribution in [-0.4, -0.2) is 39.2 Å². The number of aromatic nitrogens is 1. The molecule has 7 heteroatoms. The minimum absolute atomic E-state index is 0.219. The lowest BCUT2D eigenvalue weighted by Gasteiger charge is -2.16. The molecule has 0 aliphatic heterocycles. The molecule has 0 aliphatic carbocycles. The molecule has 7 N–H and O–H groups in total. The van der Waals surface area contributed by atoms with Crippen LogP contribution in [-0.2, 0) is 22.4 Å². The molecule has 1 unspecified atom stereocenters. The molecule has 1 aromatic carbocycles. The van der Waals surface area contributed by atoms with E-state index >= 15 is 0 Å². The summed E-state index contributed by atoms with van der Waals surface area (Å²) < 4.78 is 0. The Morgan fingerprint density at radius 2 is 1.87 bits per heavy atom. The fraction of sp³-hybridized carbons (Fsp3) is 0.375. The summed E-state index contributed by atoms with van der Waals surface area (Å²) in [5.41, 5.74) is 14.1. The van der Waals surface area contributed by atoms with Gasteiger partial charge in [-0.15, -0.1) is 0 Å². The Morgan fingerprint density at radius 3 is 2.48 bits per heavy atom. The summed E-state index contributed by atoms with van der Waals surface area (Å²) in [6, 6.07) is 4.21. The smallest absolute Gasteiger partial charge is 0.320 e. The van der Waals surface area contributed by atoms with Crippen molar-refractivity contribution in [2.45, 2.75) is 31.8 Å². The van der Waals surface area contributed by atoms with Crippen molar-refractivity contribution in [1.82, 2.24) is 4.98 Å². The second-order valence-electron chi connectivity index (χ2n) is 5.84. The number of hydrogen-bond acceptors (Lipinski definition) is 4. The summed E-state index contributed by atoms with van der Waals surface area (Å²) >= 11 is 0. The Labute approximate surface area is 133 Å². The number of carboxylic acids is 2. The van der Waals surface area contributed by atoms with E-state index in [0.717, 1.165) is 22.0 Å². The second-order valence-corrected chi connectivity index (χ2v) is 5.84. The Hall–Kier alpha value is -2.38. The van der Waals surface area contributed by atoms with Gasteiger partial charge in [0.25, 0.3) is 0 Å². The minimum atomic E-state index is -1.05. The van der Waals surface area contributed by atoms with Gasteiger partial charge in [-0.2, -0.15) is 0 Å². The van der Waals surface area contributed by atoms with Crippen LogP contribution in [0.2, 0.25) is 0 Å². The quantitative estimate of drug-likeness (QED) is 0.509. The Morgan fingerprint density at radius 1 is 1.17 bits per heavy atom. The number of nitrogens with two attached hydrogens (primary N) is 2. The molecule has 0 spiro atoms. The topological polar surface area (TPSA) is 142 Å². The van der Waals surface area contributed by atoms with Crippen LogP contribution in [0.15, 0.2) is 24.4 Å². The number of fused-ring (bicyclic) bond motifs is 1. The Balaban J connectivity index is 2.23. The van der Waals surface area contributed by atoms with Crippen molar-refractivity contribution in [2.24, 2.45) is 17.4 Å². The van der Waals surface area contributed by atoms with Crippen molar-refractivity contribution in [1.29, 1.82) is 0 Å². The third-order valence-corrected chi connectivity index (χ3v) is 4.09. The first-order valence-corrected chi connectivity index (χ1v) is 7.35. The lowest BCUT2D eigenvalue weighted by atomic mass is 9.94. The van der Waals surface area contributed by atoms with E-state index < -0.39 is 29.9 Å². The van der Waals surface area contributed by atoms with Gasteiger partial charge in [0.15, 0.2) is 0 Å². The van der Waals surface area contributed by atoms with Crippen LogP contribution in [0.3, 0.4) is 0 Å². The molecule has 7 nitrogen and oxygen atoms in total. The van der Waals surface area contributed by atoms with Crippen molar-refractivity contribution in [2.75, 3.05) is 0 Å². The summed E-state index contributed by atoms with van der Waals surface area (Å²) in [6.45, 7) is 1.58. The highest BCUT2D eigenvalue weighted by Gasteiger charge is 2.20. The summed E-state index contributed by atoms with van der Waals surface area (Å²) in [7, 11) is 0. The van der Waals surface area contributed by atoms with Crippen molar-refractivity contribution in [3.05, 3.63) is 35.5 Å². The molecular formula is C16H21N3O4. The van der Waals surface area contributed by atoms with Gasteiger partial charge >= 0.3 is 11.9 Å². The Kier molecular flexibility index (Phi) is 5.02. The maximum absolute atomic E-state index is 11.0. The second kappa shape index (κ2) is 6.80. The fourth-order valence-corrected chi connectivity index (χ4v) is 2.48. The van der Waals surface area contributed by atoms with Crippen molar-refractivity contribution in [3.63, 3.8) is 0 Å². The first-order chi connectivity index (χ1) is 10.8. The van der Waals surface area contributed by atoms with Gasteiger partial charge in [0.1, 0.15) is 6.04 Å². The highest BCUT2D eigenvalue weighted by Crippen LogP contribution is 2.22. The van der Waals surface area contributed by atoms with Gasteiger partial charge in [-0.05, 0) is 29.7 Å². The summed E-state index contributed by atoms with van der Waals surface area (Å²) in [4.78, 5) is 25.0. The van der Waals surface area contributed by atoms with Crippen LogP contribution in [0.25, 0.3) is 10.9 Å². The number of rotatable bonds is 7. The lowest BCUT2D eigenvalue weighted by molar-refractivity contribution is -0.142. The first-order valence-electron chi connectivity index (χ1n) is 7.35. The molecule has 0 fully saturated rings. The van der Waals surface area contributed by atoms with Crippen LogP contribution in [0.1, 0.15) is 18.1 Å². The highest BCUT2D eigenvalue weighted by atomic mass is 16.4. The molecule has 2 aromatic rings. The summed E-state index contributed by atoms with van der Waals surface area (Å²) in [6.07, 6.45) is 2.40. The molecule has 23 heavy (non-hydrogen) atoms. The van der Waals surface area contributed by atoms with E-state index in [1.54, 1.807) is 13.1 Å². The lowest BCUT2D eigenvalue weighted by Crippen LogP contribution is -2.35. The van der Waals surface area contributed by atoms with E-state index in [1.165, 1.54) is 0 Å². The maximum Gasteiger partial charge on any atom is 0.320 e. The highest BCUT2D eigenvalue weighted by molar-refractivity contribution is 5.85. The molecule has 3 atom stereocenters. The number of H-pyrrole nitrogens is 1. The molecule has 1 heterocycles. The monoisotopic (exact) mass is 319 g/mol. The predicted octanol–water partition coefficient (Wildman–Crippen LogP) is 0.713. The van der Waals surface area contributed by atoms with Crippen LogP contribution in [0, 0.1) is 5.92 Å². The van der Waals surface area contributed by atoms with E-state index in [2.05, 4.69) is 4.98 Å². The Bertz CT molecular complexity index is 725. The normalized spacial score (nSPS) is 15.3. The number of nitrogens with one attached hydrogen (secondary N) is 1. The number of benzene rings is 1. The zero-order valence-corrected chi connectivity index (χ0v) is 12.8. The van der Waals surface area contributed by atoms with Crippen molar-refractivity contribution in [3.8, 4) is 0 Å². The van der Waals surface area contributed by atoms with Gasteiger partial charge in [0, 0.05) is 29.6 Å². The average molecular weight is 319 g/mol. The number of aromatic amines is 1. The molecule has 1 aromatic heterocycles. The van der Waals surface area contributed by atoms with Gasteiger partial charge in [-0.25, -0.2) is 0 Å². The molecular weight excluding hydrogens is 298 g/mol. The SMILES string of the molecule is CC(C(=O)O)[C@H](N)Cc1ccc2[nH]cc(C[C@H](N)C(=O)O)c2c1. The van der Waals surface area contributed by atoms with E-state index in [0.29, 0.717) is 6.42 Å². The van der Waals surface area contributed by atoms with Crippen LogP contribution < -0.4 is 11.5 Å². The summed E-state index contributed by atoms with van der Waals surface area (Å²) in [5.74, 6) is -2.61. The number of aliphatic carboxylic acids is 2. The number of carbonyl (C=O) groups is 2. The van der Waals surface area contributed by atoms with Gasteiger partial charge in [0.05, 0.1) is 5.92 Å². The molecule has 0 aliphatic rings. The average Bonchev–Trinajstić information content (AvgIpc) is 2.88. The molecule has 2 rings (SSSR count). The molecule has 124 valence electrons. The van der Waals surface area contributed by atoms with Crippen LogP contribution in [0.4, 0.5) is 0 Å². The van der Waals surface area contributed by atoms with E-state index in [1.807, 2.05) is 18.2 Å². The zero-order chi connectivity index (χ0) is 17.1.